The molecule has 0 saturated carbocycles. The number of ether oxygens (including phenoxy) is 2. The van der Waals surface area contributed by atoms with Crippen LogP contribution < -0.4 is 4.90 Å². The number of aryl methyl sites for hydroxylation is 1. The fraction of sp³-hybridized carbons (Fsp3) is 0.250. The third-order valence-electron chi connectivity index (χ3n) is 3.80. The summed E-state index contributed by atoms with van der Waals surface area (Å²) >= 11 is 0. The number of rotatable bonds is 5. The molecule has 0 radical (unpaired) electrons. The van der Waals surface area contributed by atoms with E-state index in [4.69, 9.17) is 9.47 Å². The molecule has 1 heterocycles. The maximum Gasteiger partial charge on any atom is 0.340 e. The molecule has 0 unspecified atom stereocenters. The Hall–Kier alpha value is -3.15. The normalized spacial score (nSPS) is 10.7. The van der Waals surface area contributed by atoms with Gasteiger partial charge in [0.15, 0.2) is 0 Å². The third-order valence-corrected chi connectivity index (χ3v) is 3.80. The van der Waals surface area contributed by atoms with E-state index in [9.17, 15) is 9.59 Å². The summed E-state index contributed by atoms with van der Waals surface area (Å²) in [6.45, 7) is 2.01. The first-order valence-electron chi connectivity index (χ1n) is 8.01. The van der Waals surface area contributed by atoms with Gasteiger partial charge in [-0.15, -0.1) is 0 Å². The van der Waals surface area contributed by atoms with Gasteiger partial charge in [0.2, 0.25) is 0 Å². The highest BCUT2D eigenvalue weighted by Gasteiger charge is 2.24. The molecular formula is C20H22N2O4. The minimum atomic E-state index is -0.647. The lowest BCUT2D eigenvalue weighted by molar-refractivity contribution is 0.0554. The summed E-state index contributed by atoms with van der Waals surface area (Å²) in [6, 6.07) is 9.41. The van der Waals surface area contributed by atoms with Gasteiger partial charge in [0.05, 0.1) is 31.0 Å². The van der Waals surface area contributed by atoms with Crippen LogP contribution in [-0.4, -0.2) is 45.2 Å². The van der Waals surface area contributed by atoms with Gasteiger partial charge in [-0.3, -0.25) is 0 Å². The molecular weight excluding hydrogens is 332 g/mol. The van der Waals surface area contributed by atoms with Crippen LogP contribution in [0.2, 0.25) is 0 Å². The van der Waals surface area contributed by atoms with Crippen LogP contribution >= 0.6 is 0 Å². The molecule has 0 N–H and O–H groups in total. The van der Waals surface area contributed by atoms with E-state index in [2.05, 4.69) is 4.98 Å². The van der Waals surface area contributed by atoms with Crippen LogP contribution in [0.4, 0.5) is 5.82 Å². The molecule has 0 atom stereocenters. The molecule has 2 aromatic rings. The number of hydrogen-bond acceptors (Lipinski definition) is 6. The first-order valence-corrected chi connectivity index (χ1v) is 8.01. The smallest absolute Gasteiger partial charge is 0.340 e. The Bertz CT molecular complexity index is 840. The zero-order valence-corrected chi connectivity index (χ0v) is 15.6. The second-order valence-electron chi connectivity index (χ2n) is 5.91. The van der Waals surface area contributed by atoms with Crippen molar-refractivity contribution in [3.63, 3.8) is 0 Å². The van der Waals surface area contributed by atoms with E-state index in [1.165, 1.54) is 20.3 Å². The number of methoxy groups -OCH3 is 2. The number of anilines is 1. The molecule has 0 aliphatic rings. The van der Waals surface area contributed by atoms with Crippen LogP contribution in [0.15, 0.2) is 30.3 Å². The molecule has 2 rings (SSSR count). The van der Waals surface area contributed by atoms with Crippen molar-refractivity contribution < 1.29 is 19.1 Å². The molecule has 6 heteroatoms. The van der Waals surface area contributed by atoms with Crippen molar-refractivity contribution in [2.75, 3.05) is 33.2 Å². The molecule has 0 bridgehead atoms. The van der Waals surface area contributed by atoms with Gasteiger partial charge in [0.1, 0.15) is 5.82 Å². The Balaban J connectivity index is 2.63. The van der Waals surface area contributed by atoms with Crippen LogP contribution in [0.5, 0.6) is 0 Å². The molecule has 26 heavy (non-hydrogen) atoms. The standard InChI is InChI=1S/C20H22N2O4/c1-13-6-8-14(9-7-13)10-11-16-18(20(24)26-5)15(19(23)25-4)12-17(21-16)22(2)3/h6-12H,1-5H3/b11-10+. The summed E-state index contributed by atoms with van der Waals surface area (Å²) in [4.78, 5) is 30.7. The van der Waals surface area contributed by atoms with Gasteiger partial charge in [-0.2, -0.15) is 0 Å². The highest BCUT2D eigenvalue weighted by molar-refractivity contribution is 6.06. The average Bonchev–Trinajstić information content (AvgIpc) is 2.65. The third kappa shape index (κ3) is 4.27. The zero-order valence-electron chi connectivity index (χ0n) is 15.6. The molecule has 136 valence electrons. The van der Waals surface area contributed by atoms with Crippen molar-refractivity contribution in [1.29, 1.82) is 0 Å². The zero-order chi connectivity index (χ0) is 19.3. The summed E-state index contributed by atoms with van der Waals surface area (Å²) in [6.07, 6.45) is 3.52. The summed E-state index contributed by atoms with van der Waals surface area (Å²) in [7, 11) is 6.13. The Morgan fingerprint density at radius 1 is 1.00 bits per heavy atom. The van der Waals surface area contributed by atoms with Crippen molar-refractivity contribution in [1.82, 2.24) is 4.98 Å². The Morgan fingerprint density at radius 2 is 1.62 bits per heavy atom. The maximum atomic E-state index is 12.3. The Morgan fingerprint density at radius 3 is 2.15 bits per heavy atom. The highest BCUT2D eigenvalue weighted by atomic mass is 16.5. The predicted octanol–water partition coefficient (Wildman–Crippen LogP) is 3.20. The van der Waals surface area contributed by atoms with E-state index in [1.54, 1.807) is 25.1 Å². The Kier molecular flexibility index (Phi) is 6.11. The fourth-order valence-corrected chi connectivity index (χ4v) is 2.34. The van der Waals surface area contributed by atoms with Gasteiger partial charge in [0.25, 0.3) is 0 Å². The second kappa shape index (κ2) is 8.29. The van der Waals surface area contributed by atoms with Crippen LogP contribution in [0.3, 0.4) is 0 Å². The summed E-state index contributed by atoms with van der Waals surface area (Å²) < 4.78 is 9.67. The van der Waals surface area contributed by atoms with Crippen molar-refractivity contribution >= 4 is 29.9 Å². The molecule has 0 aliphatic heterocycles. The summed E-state index contributed by atoms with van der Waals surface area (Å²) in [5, 5.41) is 0. The van der Waals surface area contributed by atoms with Gasteiger partial charge in [-0.1, -0.05) is 35.9 Å². The van der Waals surface area contributed by atoms with Gasteiger partial charge in [0, 0.05) is 14.1 Å². The number of esters is 2. The van der Waals surface area contributed by atoms with E-state index in [1.807, 2.05) is 37.3 Å². The van der Waals surface area contributed by atoms with Crippen molar-refractivity contribution in [2.24, 2.45) is 0 Å². The van der Waals surface area contributed by atoms with Gasteiger partial charge in [-0.25, -0.2) is 14.6 Å². The molecule has 6 nitrogen and oxygen atoms in total. The number of pyridine rings is 1. The summed E-state index contributed by atoms with van der Waals surface area (Å²) in [5.74, 6) is -0.741. The monoisotopic (exact) mass is 354 g/mol. The Labute approximate surface area is 153 Å². The van der Waals surface area contributed by atoms with Crippen LogP contribution in [0, 0.1) is 6.92 Å². The van der Waals surface area contributed by atoms with E-state index < -0.39 is 11.9 Å². The van der Waals surface area contributed by atoms with Crippen molar-refractivity contribution in [3.05, 3.63) is 58.3 Å². The molecule has 0 saturated heterocycles. The number of hydrogen-bond donors (Lipinski definition) is 0. The van der Waals surface area contributed by atoms with E-state index in [-0.39, 0.29) is 11.1 Å². The minimum Gasteiger partial charge on any atom is -0.465 e. The number of carbonyl (C=O) groups is 2. The van der Waals surface area contributed by atoms with Crippen molar-refractivity contribution in [2.45, 2.75) is 6.92 Å². The lowest BCUT2D eigenvalue weighted by Crippen LogP contribution is -2.18. The molecule has 0 spiro atoms. The predicted molar refractivity (Wildman–Crippen MR) is 101 cm³/mol. The number of nitrogens with zero attached hydrogens (tertiary/aromatic N) is 2. The molecule has 1 aromatic heterocycles. The number of benzene rings is 1. The van der Waals surface area contributed by atoms with Gasteiger partial charge in [-0.05, 0) is 24.6 Å². The molecule has 0 fully saturated rings. The first kappa shape index (κ1) is 19.2. The van der Waals surface area contributed by atoms with Gasteiger partial charge < -0.3 is 14.4 Å². The number of carbonyl (C=O) groups excluding carboxylic acids is 2. The SMILES string of the molecule is COC(=O)c1cc(N(C)C)nc(/C=C/c2ccc(C)cc2)c1C(=O)OC. The van der Waals surface area contributed by atoms with Gasteiger partial charge >= 0.3 is 11.9 Å². The topological polar surface area (TPSA) is 68.7 Å². The molecule has 1 aromatic carbocycles. The lowest BCUT2D eigenvalue weighted by Gasteiger charge is -2.16. The maximum absolute atomic E-state index is 12.3. The molecule has 0 aliphatic carbocycles. The van der Waals surface area contributed by atoms with Crippen LogP contribution in [-0.2, 0) is 9.47 Å². The second-order valence-corrected chi connectivity index (χ2v) is 5.91. The minimum absolute atomic E-state index is 0.0771. The number of aromatic nitrogens is 1. The van der Waals surface area contributed by atoms with Crippen LogP contribution in [0.1, 0.15) is 37.5 Å². The quantitative estimate of drug-likeness (QED) is 0.768. The van der Waals surface area contributed by atoms with Crippen molar-refractivity contribution in [3.8, 4) is 0 Å². The van der Waals surface area contributed by atoms with E-state index >= 15 is 0 Å². The molecule has 0 amide bonds. The van der Waals surface area contributed by atoms with E-state index in [0.29, 0.717) is 11.5 Å². The van der Waals surface area contributed by atoms with Crippen LogP contribution in [0.25, 0.3) is 12.2 Å². The highest BCUT2D eigenvalue weighted by Crippen LogP contribution is 2.23. The first-order chi connectivity index (χ1) is 12.4. The largest absolute Gasteiger partial charge is 0.465 e. The lowest BCUT2D eigenvalue weighted by atomic mass is 10.0. The van der Waals surface area contributed by atoms with E-state index in [0.717, 1.165) is 11.1 Å². The fourth-order valence-electron chi connectivity index (χ4n) is 2.34. The average molecular weight is 354 g/mol. The summed E-state index contributed by atoms with van der Waals surface area (Å²) in [5.41, 5.74) is 2.63.